The first-order valence-electron chi connectivity index (χ1n) is 6.88. The molecule has 1 aliphatic heterocycles. The number of rotatable bonds is 4. The van der Waals surface area contributed by atoms with Crippen molar-refractivity contribution in [2.75, 3.05) is 13.1 Å². The fourth-order valence-corrected chi connectivity index (χ4v) is 2.76. The Balaban J connectivity index is 1.89. The molecule has 1 aliphatic rings. The fraction of sp³-hybridized carbons (Fsp3) is 0.600. The summed E-state index contributed by atoms with van der Waals surface area (Å²) in [6, 6.07) is 4.17. The van der Waals surface area contributed by atoms with Crippen molar-refractivity contribution in [3.05, 3.63) is 29.6 Å². The maximum absolute atomic E-state index is 13.1. The van der Waals surface area contributed by atoms with E-state index in [4.69, 9.17) is 0 Å². The Kier molecular flexibility index (Phi) is 4.59. The summed E-state index contributed by atoms with van der Waals surface area (Å²) in [6.45, 7) is 5.00. The third-order valence-electron chi connectivity index (χ3n) is 3.84. The number of phenolic OH excluding ortho intramolecular Hbond substituents is 1. The molecule has 1 aromatic carbocycles. The molecule has 0 atom stereocenters. The molecule has 1 heterocycles. The minimum absolute atomic E-state index is 0.201. The van der Waals surface area contributed by atoms with Gasteiger partial charge in [0.15, 0.2) is 0 Å². The van der Waals surface area contributed by atoms with Gasteiger partial charge in [0.2, 0.25) is 0 Å². The van der Waals surface area contributed by atoms with Crippen LogP contribution < -0.4 is 0 Å². The molecule has 3 heteroatoms. The number of hydrogen-bond donors (Lipinski definition) is 1. The van der Waals surface area contributed by atoms with Gasteiger partial charge in [-0.25, -0.2) is 4.39 Å². The Hall–Kier alpha value is -1.09. The van der Waals surface area contributed by atoms with Gasteiger partial charge in [-0.05, 0) is 50.0 Å². The highest BCUT2D eigenvalue weighted by Crippen LogP contribution is 2.25. The van der Waals surface area contributed by atoms with E-state index in [0.717, 1.165) is 19.0 Å². The molecule has 1 aromatic rings. The Bertz CT molecular complexity index is 386. The summed E-state index contributed by atoms with van der Waals surface area (Å²) in [5.41, 5.74) is 0.698. The lowest BCUT2D eigenvalue weighted by atomic mass is 9.92. The average molecular weight is 251 g/mol. The molecule has 1 saturated heterocycles. The van der Waals surface area contributed by atoms with Gasteiger partial charge in [0.05, 0.1) is 0 Å². The van der Waals surface area contributed by atoms with Gasteiger partial charge >= 0.3 is 0 Å². The Morgan fingerprint density at radius 3 is 2.72 bits per heavy atom. The number of halogens is 1. The topological polar surface area (TPSA) is 23.5 Å². The predicted octanol–water partition coefficient (Wildman–Crippen LogP) is 3.54. The van der Waals surface area contributed by atoms with Gasteiger partial charge in [0.1, 0.15) is 11.6 Å². The average Bonchev–Trinajstić information content (AvgIpc) is 2.37. The highest BCUT2D eigenvalue weighted by atomic mass is 19.1. The first kappa shape index (κ1) is 13.3. The van der Waals surface area contributed by atoms with E-state index in [0.29, 0.717) is 12.1 Å². The molecule has 1 fully saturated rings. The van der Waals surface area contributed by atoms with E-state index in [1.165, 1.54) is 43.9 Å². The maximum Gasteiger partial charge on any atom is 0.123 e. The first-order valence-corrected chi connectivity index (χ1v) is 6.88. The standard InChI is InChI=1S/C15H22FNO/c1-2-3-12-6-8-17(9-7-12)11-13-10-14(16)4-5-15(13)18/h4-5,10,12,18H,2-3,6-9,11H2,1H3. The second-order valence-corrected chi connectivity index (χ2v) is 5.28. The van der Waals surface area contributed by atoms with Crippen molar-refractivity contribution in [2.45, 2.75) is 39.2 Å². The number of nitrogens with zero attached hydrogens (tertiary/aromatic N) is 1. The third kappa shape index (κ3) is 3.45. The largest absolute Gasteiger partial charge is 0.508 e. The van der Waals surface area contributed by atoms with Gasteiger partial charge in [-0.3, -0.25) is 4.90 Å². The van der Waals surface area contributed by atoms with Crippen LogP contribution in [0, 0.1) is 11.7 Å². The number of hydrogen-bond acceptors (Lipinski definition) is 2. The van der Waals surface area contributed by atoms with Crippen molar-refractivity contribution in [3.63, 3.8) is 0 Å². The summed E-state index contributed by atoms with van der Waals surface area (Å²) in [5.74, 6) is 0.781. The number of phenols is 1. The van der Waals surface area contributed by atoms with Crippen LogP contribution in [0.25, 0.3) is 0 Å². The quantitative estimate of drug-likeness (QED) is 0.884. The Morgan fingerprint density at radius 1 is 1.33 bits per heavy atom. The Morgan fingerprint density at radius 2 is 2.06 bits per heavy atom. The zero-order valence-corrected chi connectivity index (χ0v) is 11.0. The van der Waals surface area contributed by atoms with E-state index < -0.39 is 0 Å². The number of likely N-dealkylation sites (tertiary alicyclic amines) is 1. The minimum atomic E-state index is -0.274. The molecule has 2 nitrogen and oxygen atoms in total. The van der Waals surface area contributed by atoms with Crippen LogP contribution in [0.5, 0.6) is 5.75 Å². The number of piperidine rings is 1. The van der Waals surface area contributed by atoms with Crippen LogP contribution in [-0.4, -0.2) is 23.1 Å². The molecule has 0 spiro atoms. The van der Waals surface area contributed by atoms with Gasteiger partial charge in [0, 0.05) is 12.1 Å². The summed E-state index contributed by atoms with van der Waals surface area (Å²) in [4.78, 5) is 2.31. The van der Waals surface area contributed by atoms with Crippen molar-refractivity contribution in [2.24, 2.45) is 5.92 Å². The molecule has 100 valence electrons. The molecule has 0 aliphatic carbocycles. The molecule has 2 rings (SSSR count). The van der Waals surface area contributed by atoms with Crippen molar-refractivity contribution >= 4 is 0 Å². The summed E-state index contributed by atoms with van der Waals surface area (Å²) in [6.07, 6.45) is 5.03. The maximum atomic E-state index is 13.1. The SMILES string of the molecule is CCCC1CCN(Cc2cc(F)ccc2O)CC1. The van der Waals surface area contributed by atoms with E-state index in [9.17, 15) is 9.50 Å². The summed E-state index contributed by atoms with van der Waals surface area (Å²) >= 11 is 0. The molecule has 0 bridgehead atoms. The zero-order chi connectivity index (χ0) is 13.0. The van der Waals surface area contributed by atoms with Crippen LogP contribution >= 0.6 is 0 Å². The minimum Gasteiger partial charge on any atom is -0.508 e. The van der Waals surface area contributed by atoms with Crippen molar-refractivity contribution < 1.29 is 9.50 Å². The molecule has 0 amide bonds. The van der Waals surface area contributed by atoms with Crippen molar-refractivity contribution in [1.82, 2.24) is 4.90 Å². The molecule has 1 N–H and O–H groups in total. The first-order chi connectivity index (χ1) is 8.69. The van der Waals surface area contributed by atoms with E-state index >= 15 is 0 Å². The normalized spacial score (nSPS) is 18.1. The van der Waals surface area contributed by atoms with Crippen LogP contribution in [0.4, 0.5) is 4.39 Å². The Labute approximate surface area is 108 Å². The van der Waals surface area contributed by atoms with Crippen LogP contribution in [0.2, 0.25) is 0 Å². The molecule has 0 saturated carbocycles. The van der Waals surface area contributed by atoms with Crippen LogP contribution in [0.15, 0.2) is 18.2 Å². The highest BCUT2D eigenvalue weighted by molar-refractivity contribution is 5.32. The number of aromatic hydroxyl groups is 1. The van der Waals surface area contributed by atoms with E-state index in [1.807, 2.05) is 0 Å². The lowest BCUT2D eigenvalue weighted by Gasteiger charge is -2.32. The van der Waals surface area contributed by atoms with E-state index in [-0.39, 0.29) is 11.6 Å². The molecular weight excluding hydrogens is 229 g/mol. The molecule has 0 aromatic heterocycles. The van der Waals surface area contributed by atoms with Gasteiger partial charge in [-0.15, -0.1) is 0 Å². The smallest absolute Gasteiger partial charge is 0.123 e. The zero-order valence-electron chi connectivity index (χ0n) is 11.0. The fourth-order valence-electron chi connectivity index (χ4n) is 2.76. The predicted molar refractivity (Wildman–Crippen MR) is 71.0 cm³/mol. The second kappa shape index (κ2) is 6.19. The lowest BCUT2D eigenvalue weighted by molar-refractivity contribution is 0.170. The van der Waals surface area contributed by atoms with Crippen molar-refractivity contribution in [3.8, 4) is 5.75 Å². The third-order valence-corrected chi connectivity index (χ3v) is 3.84. The van der Waals surface area contributed by atoms with Crippen molar-refractivity contribution in [1.29, 1.82) is 0 Å². The van der Waals surface area contributed by atoms with Crippen LogP contribution in [-0.2, 0) is 6.54 Å². The van der Waals surface area contributed by atoms with Gasteiger partial charge < -0.3 is 5.11 Å². The van der Waals surface area contributed by atoms with E-state index in [1.54, 1.807) is 0 Å². The highest BCUT2D eigenvalue weighted by Gasteiger charge is 2.19. The van der Waals surface area contributed by atoms with Gasteiger partial charge in [-0.2, -0.15) is 0 Å². The monoisotopic (exact) mass is 251 g/mol. The van der Waals surface area contributed by atoms with Gasteiger partial charge in [0.25, 0.3) is 0 Å². The lowest BCUT2D eigenvalue weighted by Crippen LogP contribution is -2.33. The molecule has 0 radical (unpaired) electrons. The molecular formula is C15H22FNO. The molecule has 0 unspecified atom stereocenters. The molecule has 18 heavy (non-hydrogen) atoms. The summed E-state index contributed by atoms with van der Waals surface area (Å²) in [7, 11) is 0. The van der Waals surface area contributed by atoms with Crippen LogP contribution in [0.1, 0.15) is 38.2 Å². The summed E-state index contributed by atoms with van der Waals surface area (Å²) in [5, 5.41) is 9.71. The second-order valence-electron chi connectivity index (χ2n) is 5.28. The van der Waals surface area contributed by atoms with Crippen LogP contribution in [0.3, 0.4) is 0 Å². The van der Waals surface area contributed by atoms with E-state index in [2.05, 4.69) is 11.8 Å². The number of benzene rings is 1. The summed E-state index contributed by atoms with van der Waals surface area (Å²) < 4.78 is 13.1. The van der Waals surface area contributed by atoms with Gasteiger partial charge in [-0.1, -0.05) is 19.8 Å².